The van der Waals surface area contributed by atoms with Crippen LogP contribution >= 0.6 is 10.7 Å². The summed E-state index contributed by atoms with van der Waals surface area (Å²) >= 11 is 0. The van der Waals surface area contributed by atoms with E-state index in [0.717, 1.165) is 0 Å². The zero-order chi connectivity index (χ0) is 17.0. The minimum atomic E-state index is -7.50. The molecule has 0 aromatic heterocycles. The van der Waals surface area contributed by atoms with E-state index in [9.17, 15) is 52.0 Å². The molecule has 0 aliphatic heterocycles. The molecule has 17 heteroatoms. The molecule has 0 atom stereocenters. The van der Waals surface area contributed by atoms with Crippen molar-refractivity contribution in [3.05, 3.63) is 0 Å². The molecule has 0 unspecified atom stereocenters. The van der Waals surface area contributed by atoms with Crippen LogP contribution in [0.2, 0.25) is 0 Å². The van der Waals surface area contributed by atoms with Gasteiger partial charge in [0.1, 0.15) is 0 Å². The molecule has 0 spiro atoms. The van der Waals surface area contributed by atoms with Crippen molar-refractivity contribution < 1.29 is 109 Å². The van der Waals surface area contributed by atoms with Crippen LogP contribution in [-0.4, -0.2) is 43.7 Å². The summed E-state index contributed by atoms with van der Waals surface area (Å²) in [4.78, 5) is 0. The van der Waals surface area contributed by atoms with Crippen LogP contribution in [-0.2, 0) is 19.2 Å². The van der Waals surface area contributed by atoms with Crippen LogP contribution < -0.4 is 51.4 Å². The molecule has 5 nitrogen and oxygen atoms in total. The van der Waals surface area contributed by atoms with Crippen molar-refractivity contribution >= 4 is 29.9 Å². The van der Waals surface area contributed by atoms with Gasteiger partial charge in [0.2, 0.25) is 0 Å². The number of rotatable bonds is 5. The van der Waals surface area contributed by atoms with E-state index in [1.54, 1.807) is 0 Å². The van der Waals surface area contributed by atoms with Crippen LogP contribution in [0.4, 0.5) is 35.1 Å². The van der Waals surface area contributed by atoms with E-state index in [1.807, 2.05) is 0 Å². The van der Waals surface area contributed by atoms with Crippen LogP contribution in [0.1, 0.15) is 1.43 Å². The van der Waals surface area contributed by atoms with Gasteiger partial charge in [-0.2, -0.15) is 43.5 Å². The fourth-order valence-electron chi connectivity index (χ4n) is 0.681. The predicted octanol–water partition coefficient (Wildman–Crippen LogP) is -0.984. The molecular weight excluding hydrogens is 419 g/mol. The molecule has 0 aliphatic rings. The summed E-state index contributed by atoms with van der Waals surface area (Å²) in [5.41, 5.74) is 0. The Morgan fingerprint density at radius 1 is 0.762 bits per heavy atom. The smallest absolute Gasteiger partial charge is 1.00 e. The third kappa shape index (κ3) is 3.67. The monoisotopic (exact) mass is 420 g/mol. The molecule has 0 radical (unpaired) electrons. The summed E-state index contributed by atoms with van der Waals surface area (Å²) in [7, 11) is -10.4. The Morgan fingerprint density at radius 3 is 1.19 bits per heavy atom. The Labute approximate surface area is 160 Å². The summed E-state index contributed by atoms with van der Waals surface area (Å²) in [5.74, 6) is -15.0. The average Bonchev–Trinajstić information content (AvgIpc) is 2.12. The number of hydrogen-bond donors (Lipinski definition) is 1. The van der Waals surface area contributed by atoms with Crippen molar-refractivity contribution in [1.29, 1.82) is 0 Å². The second kappa shape index (κ2) is 6.27. The Kier molecular flexibility index (Phi) is 7.30. The summed E-state index contributed by atoms with van der Waals surface area (Å²) in [6.07, 6.45) is 0. The average molecular weight is 421 g/mol. The minimum absolute atomic E-state index is 0. The molecule has 0 aromatic rings. The Hall–Kier alpha value is 1.23. The van der Waals surface area contributed by atoms with Gasteiger partial charge in [-0.3, -0.25) is 4.55 Å². The van der Waals surface area contributed by atoms with Crippen LogP contribution in [0.15, 0.2) is 0 Å². The van der Waals surface area contributed by atoms with Crippen molar-refractivity contribution in [2.45, 2.75) is 22.4 Å². The maximum atomic E-state index is 12.7. The van der Waals surface area contributed by atoms with E-state index in [4.69, 9.17) is 4.55 Å². The first kappa shape index (κ1) is 24.5. The van der Waals surface area contributed by atoms with Crippen LogP contribution in [0.25, 0.3) is 0 Å². The standard InChI is InChI=1S/C4HClF8O5S2.K.H/c5-19(14,15)3(10,11)1(6,7)2(8,9)4(12,13)20(16,17)18;;/h(H,16,17,18);;/q;+1;-1. The van der Waals surface area contributed by atoms with Crippen molar-refractivity contribution in [3.8, 4) is 0 Å². The van der Waals surface area contributed by atoms with E-state index in [0.29, 0.717) is 0 Å². The SMILES string of the molecule is O=S(=O)(O)C(F)(F)C(F)(F)C(F)(F)C(F)(F)S(=O)(=O)Cl.[H-].[K+]. The topological polar surface area (TPSA) is 88.5 Å². The third-order valence-electron chi connectivity index (χ3n) is 1.76. The minimum Gasteiger partial charge on any atom is -1.00 e. The first-order valence-electron chi connectivity index (χ1n) is 3.67. The van der Waals surface area contributed by atoms with Crippen molar-refractivity contribution in [3.63, 3.8) is 0 Å². The number of halogens is 9. The van der Waals surface area contributed by atoms with Gasteiger partial charge >= 0.3 is 92.9 Å². The molecule has 0 rings (SSSR count). The van der Waals surface area contributed by atoms with Gasteiger partial charge in [-0.1, -0.05) is 0 Å². The molecule has 0 saturated heterocycles. The maximum absolute atomic E-state index is 12.7. The van der Waals surface area contributed by atoms with Gasteiger partial charge < -0.3 is 1.43 Å². The quantitative estimate of drug-likeness (QED) is 0.267. The first-order valence-corrected chi connectivity index (χ1v) is 7.42. The molecule has 0 heterocycles. The fourth-order valence-corrected chi connectivity index (χ4v) is 1.86. The largest absolute Gasteiger partial charge is 1.00 e. The van der Waals surface area contributed by atoms with Gasteiger partial charge in [-0.15, -0.1) is 0 Å². The zero-order valence-corrected chi connectivity index (χ0v) is 14.8. The molecule has 0 amide bonds. The summed E-state index contributed by atoms with van der Waals surface area (Å²) in [5, 5.41) is -14.1. The van der Waals surface area contributed by atoms with E-state index in [-0.39, 0.29) is 52.8 Å². The molecular formula is C4H2ClF8KO5S2. The van der Waals surface area contributed by atoms with Crippen LogP contribution in [0.5, 0.6) is 0 Å². The maximum Gasteiger partial charge on any atom is 1.00 e. The second-order valence-electron chi connectivity index (χ2n) is 3.10. The van der Waals surface area contributed by atoms with Gasteiger partial charge in [0.15, 0.2) is 0 Å². The molecule has 0 fully saturated rings. The van der Waals surface area contributed by atoms with Gasteiger partial charge in [-0.05, 0) is 0 Å². The summed E-state index contributed by atoms with van der Waals surface area (Å²) < 4.78 is 148. The van der Waals surface area contributed by atoms with Gasteiger partial charge in [0.05, 0.1) is 0 Å². The molecule has 124 valence electrons. The number of hydrogen-bond acceptors (Lipinski definition) is 4. The van der Waals surface area contributed by atoms with E-state index >= 15 is 0 Å². The van der Waals surface area contributed by atoms with Gasteiger partial charge in [0.25, 0.3) is 0 Å². The van der Waals surface area contributed by atoms with E-state index in [2.05, 4.69) is 10.7 Å². The molecule has 21 heavy (non-hydrogen) atoms. The Morgan fingerprint density at radius 2 is 1.00 bits per heavy atom. The Balaban J connectivity index is -0.00000180. The Bertz CT molecular complexity index is 552. The van der Waals surface area contributed by atoms with Crippen LogP contribution in [0.3, 0.4) is 0 Å². The van der Waals surface area contributed by atoms with Gasteiger partial charge in [-0.25, -0.2) is 8.42 Å². The zero-order valence-electron chi connectivity index (χ0n) is 10.3. The molecule has 1 N–H and O–H groups in total. The summed E-state index contributed by atoms with van der Waals surface area (Å²) in [6.45, 7) is 0. The molecule has 0 aromatic carbocycles. The molecule has 0 aliphatic carbocycles. The third-order valence-corrected chi connectivity index (χ3v) is 4.11. The number of alkyl halides is 8. The first-order chi connectivity index (χ1) is 8.25. The second-order valence-corrected chi connectivity index (χ2v) is 7.17. The van der Waals surface area contributed by atoms with Gasteiger partial charge in [0, 0.05) is 10.7 Å². The van der Waals surface area contributed by atoms with Crippen LogP contribution in [0, 0.1) is 0 Å². The van der Waals surface area contributed by atoms with Crippen molar-refractivity contribution in [1.82, 2.24) is 0 Å². The van der Waals surface area contributed by atoms with Crippen molar-refractivity contribution in [2.24, 2.45) is 0 Å². The predicted molar refractivity (Wildman–Crippen MR) is 47.2 cm³/mol. The van der Waals surface area contributed by atoms with E-state index < -0.39 is 41.5 Å². The molecule has 0 saturated carbocycles. The normalized spacial score (nSPS) is 15.5. The molecule has 0 bridgehead atoms. The van der Waals surface area contributed by atoms with Crippen molar-refractivity contribution in [2.75, 3.05) is 0 Å². The fraction of sp³-hybridized carbons (Fsp3) is 1.00. The summed E-state index contributed by atoms with van der Waals surface area (Å²) in [6, 6.07) is 0. The van der Waals surface area contributed by atoms with E-state index in [1.165, 1.54) is 0 Å².